The van der Waals surface area contributed by atoms with Crippen LogP contribution in [0.5, 0.6) is 11.6 Å². The Morgan fingerprint density at radius 2 is 1.78 bits per heavy atom. The molecule has 1 heterocycles. The van der Waals surface area contributed by atoms with Crippen molar-refractivity contribution in [2.24, 2.45) is 0 Å². The van der Waals surface area contributed by atoms with Crippen LogP contribution in [0.15, 0.2) is 54.9 Å². The van der Waals surface area contributed by atoms with E-state index in [-0.39, 0.29) is 0 Å². The lowest BCUT2D eigenvalue weighted by atomic mass is 10.1. The van der Waals surface area contributed by atoms with Crippen LogP contribution in [0, 0.1) is 13.8 Å². The summed E-state index contributed by atoms with van der Waals surface area (Å²) in [5, 5.41) is 3.24. The summed E-state index contributed by atoms with van der Waals surface area (Å²) in [4.78, 5) is 8.33. The summed E-state index contributed by atoms with van der Waals surface area (Å²) in [5.41, 5.74) is 9.79. The van der Waals surface area contributed by atoms with Crippen molar-refractivity contribution >= 4 is 17.2 Å². The monoisotopic (exact) mass is 306 g/mol. The highest BCUT2D eigenvalue weighted by Gasteiger charge is 2.11. The van der Waals surface area contributed by atoms with Crippen LogP contribution in [-0.4, -0.2) is 9.97 Å². The van der Waals surface area contributed by atoms with E-state index in [0.717, 1.165) is 11.3 Å². The number of hydrogen-bond donors (Lipinski definition) is 2. The highest BCUT2D eigenvalue weighted by molar-refractivity contribution is 5.73. The van der Waals surface area contributed by atoms with Gasteiger partial charge in [0.15, 0.2) is 5.82 Å². The molecule has 3 N–H and O–H groups in total. The summed E-state index contributed by atoms with van der Waals surface area (Å²) in [6.07, 6.45) is 1.43. The number of hydrogen-bond acceptors (Lipinski definition) is 5. The summed E-state index contributed by atoms with van der Waals surface area (Å²) >= 11 is 0. The quantitative estimate of drug-likeness (QED) is 0.755. The second-order valence-corrected chi connectivity index (χ2v) is 5.30. The van der Waals surface area contributed by atoms with Crippen LogP contribution in [-0.2, 0) is 0 Å². The molecule has 0 fully saturated rings. The first-order valence-corrected chi connectivity index (χ1v) is 7.31. The fraction of sp³-hybridized carbons (Fsp3) is 0.111. The lowest BCUT2D eigenvalue weighted by molar-refractivity contribution is 0.464. The zero-order valence-electron chi connectivity index (χ0n) is 13.1. The standard InChI is InChI=1S/C18H18N4O/c1-12-8-9-15(13(2)10-12)22-17-16(19)18(21-11-20-17)23-14-6-4-3-5-7-14/h3-11H,19H2,1-2H3,(H,20,21,22). The molecule has 3 rings (SSSR count). The minimum Gasteiger partial charge on any atom is -0.437 e. The third kappa shape index (κ3) is 3.40. The maximum Gasteiger partial charge on any atom is 0.248 e. The second kappa shape index (κ2) is 6.36. The van der Waals surface area contributed by atoms with Gasteiger partial charge < -0.3 is 15.8 Å². The number of nitrogens with two attached hydrogens (primary N) is 1. The summed E-state index contributed by atoms with van der Waals surface area (Å²) in [7, 11) is 0. The fourth-order valence-electron chi connectivity index (χ4n) is 2.24. The minimum absolute atomic E-state index is 0.332. The fourth-order valence-corrected chi connectivity index (χ4v) is 2.24. The maximum atomic E-state index is 6.15. The Labute approximate surface area is 135 Å². The second-order valence-electron chi connectivity index (χ2n) is 5.30. The number of para-hydroxylation sites is 1. The van der Waals surface area contributed by atoms with Crippen LogP contribution < -0.4 is 15.8 Å². The first kappa shape index (κ1) is 14.8. The molecule has 0 unspecified atom stereocenters. The van der Waals surface area contributed by atoms with Crippen LogP contribution in [0.1, 0.15) is 11.1 Å². The smallest absolute Gasteiger partial charge is 0.248 e. The molecule has 1 aromatic heterocycles. The van der Waals surface area contributed by atoms with E-state index >= 15 is 0 Å². The van der Waals surface area contributed by atoms with E-state index in [1.165, 1.54) is 11.9 Å². The highest BCUT2D eigenvalue weighted by atomic mass is 16.5. The van der Waals surface area contributed by atoms with Gasteiger partial charge in [-0.05, 0) is 37.6 Å². The molecular weight excluding hydrogens is 288 g/mol. The molecule has 0 radical (unpaired) electrons. The molecule has 23 heavy (non-hydrogen) atoms. The molecule has 0 spiro atoms. The van der Waals surface area contributed by atoms with Gasteiger partial charge in [0, 0.05) is 5.69 Å². The Morgan fingerprint density at radius 1 is 1.00 bits per heavy atom. The number of benzene rings is 2. The number of nitrogens with zero attached hydrogens (tertiary/aromatic N) is 2. The van der Waals surface area contributed by atoms with Gasteiger partial charge in [-0.3, -0.25) is 0 Å². The van der Waals surface area contributed by atoms with Gasteiger partial charge in [0.2, 0.25) is 5.88 Å². The minimum atomic E-state index is 0.332. The number of ether oxygens (including phenoxy) is 1. The average Bonchev–Trinajstić information content (AvgIpc) is 2.54. The van der Waals surface area contributed by atoms with Crippen molar-refractivity contribution in [3.8, 4) is 11.6 Å². The third-order valence-electron chi connectivity index (χ3n) is 3.44. The molecule has 0 saturated carbocycles. The molecule has 0 atom stereocenters. The predicted octanol–water partition coefficient (Wildman–Crippen LogP) is 4.21. The summed E-state index contributed by atoms with van der Waals surface area (Å²) in [6.45, 7) is 4.09. The van der Waals surface area contributed by atoms with E-state index in [1.807, 2.05) is 49.4 Å². The van der Waals surface area contributed by atoms with E-state index in [2.05, 4.69) is 28.3 Å². The Bertz CT molecular complexity index is 819. The van der Waals surface area contributed by atoms with E-state index < -0.39 is 0 Å². The molecule has 0 bridgehead atoms. The Hall–Kier alpha value is -3.08. The zero-order chi connectivity index (χ0) is 16.2. The van der Waals surface area contributed by atoms with Gasteiger partial charge in [-0.2, -0.15) is 4.98 Å². The van der Waals surface area contributed by atoms with Crippen molar-refractivity contribution in [2.75, 3.05) is 11.1 Å². The molecule has 2 aromatic carbocycles. The van der Waals surface area contributed by atoms with Gasteiger partial charge in [-0.15, -0.1) is 0 Å². The van der Waals surface area contributed by atoms with Crippen molar-refractivity contribution in [3.05, 3.63) is 66.0 Å². The lowest BCUT2D eigenvalue weighted by Crippen LogP contribution is -2.04. The van der Waals surface area contributed by atoms with Crippen molar-refractivity contribution in [3.63, 3.8) is 0 Å². The molecule has 116 valence electrons. The molecule has 0 aliphatic carbocycles. The van der Waals surface area contributed by atoms with Crippen molar-refractivity contribution in [2.45, 2.75) is 13.8 Å². The van der Waals surface area contributed by atoms with Gasteiger partial charge in [0.05, 0.1) is 0 Å². The molecular formula is C18H18N4O. The van der Waals surface area contributed by atoms with Crippen LogP contribution in [0.2, 0.25) is 0 Å². The molecule has 5 nitrogen and oxygen atoms in total. The SMILES string of the molecule is Cc1ccc(Nc2ncnc(Oc3ccccc3)c2N)c(C)c1. The van der Waals surface area contributed by atoms with Crippen LogP contribution in [0.3, 0.4) is 0 Å². The topological polar surface area (TPSA) is 73.1 Å². The first-order chi connectivity index (χ1) is 11.1. The number of aryl methyl sites for hydroxylation is 2. The predicted molar refractivity (Wildman–Crippen MR) is 92.2 cm³/mol. The van der Waals surface area contributed by atoms with Crippen molar-refractivity contribution < 1.29 is 4.74 Å². The van der Waals surface area contributed by atoms with Crippen LogP contribution >= 0.6 is 0 Å². The van der Waals surface area contributed by atoms with Crippen molar-refractivity contribution in [1.29, 1.82) is 0 Å². The Balaban J connectivity index is 1.87. The summed E-state index contributed by atoms with van der Waals surface area (Å²) in [6, 6.07) is 15.5. The van der Waals surface area contributed by atoms with Crippen molar-refractivity contribution in [1.82, 2.24) is 9.97 Å². The normalized spacial score (nSPS) is 10.3. The van der Waals surface area contributed by atoms with Crippen LogP contribution in [0.4, 0.5) is 17.2 Å². The summed E-state index contributed by atoms with van der Waals surface area (Å²) < 4.78 is 5.72. The van der Waals surface area contributed by atoms with Gasteiger partial charge in [0.25, 0.3) is 0 Å². The van der Waals surface area contributed by atoms with E-state index in [0.29, 0.717) is 23.1 Å². The number of rotatable bonds is 4. The van der Waals surface area contributed by atoms with Crippen LogP contribution in [0.25, 0.3) is 0 Å². The third-order valence-corrected chi connectivity index (χ3v) is 3.44. The molecule has 0 aliphatic heterocycles. The van der Waals surface area contributed by atoms with Gasteiger partial charge in [-0.25, -0.2) is 4.98 Å². The Kier molecular flexibility index (Phi) is 4.10. The number of nitrogen functional groups attached to an aromatic ring is 1. The largest absolute Gasteiger partial charge is 0.437 e. The van der Waals surface area contributed by atoms with Gasteiger partial charge in [0.1, 0.15) is 17.8 Å². The highest BCUT2D eigenvalue weighted by Crippen LogP contribution is 2.31. The zero-order valence-corrected chi connectivity index (χ0v) is 13.1. The molecule has 0 aliphatic rings. The van der Waals surface area contributed by atoms with E-state index in [1.54, 1.807) is 0 Å². The van der Waals surface area contributed by atoms with E-state index in [4.69, 9.17) is 10.5 Å². The maximum absolute atomic E-state index is 6.15. The van der Waals surface area contributed by atoms with E-state index in [9.17, 15) is 0 Å². The molecule has 5 heteroatoms. The molecule has 0 amide bonds. The number of anilines is 3. The van der Waals surface area contributed by atoms with Gasteiger partial charge in [-0.1, -0.05) is 35.9 Å². The molecule has 3 aromatic rings. The lowest BCUT2D eigenvalue weighted by Gasteiger charge is -2.13. The average molecular weight is 306 g/mol. The summed E-state index contributed by atoms with van der Waals surface area (Å²) in [5.74, 6) is 1.53. The number of aromatic nitrogens is 2. The number of nitrogens with one attached hydrogen (secondary N) is 1. The first-order valence-electron chi connectivity index (χ1n) is 7.31. The van der Waals surface area contributed by atoms with Gasteiger partial charge >= 0.3 is 0 Å². The Morgan fingerprint density at radius 3 is 2.52 bits per heavy atom. The molecule has 0 saturated heterocycles.